The number of nitrogens with zero attached hydrogens (tertiary/aromatic N) is 1. The van der Waals surface area contributed by atoms with Crippen LogP contribution in [0.5, 0.6) is 0 Å². The van der Waals surface area contributed by atoms with E-state index in [9.17, 15) is 4.79 Å². The van der Waals surface area contributed by atoms with Crippen molar-refractivity contribution in [3.05, 3.63) is 12.2 Å². The minimum absolute atomic E-state index is 0.00255. The second-order valence-corrected chi connectivity index (χ2v) is 4.35. The van der Waals surface area contributed by atoms with E-state index < -0.39 is 0 Å². The number of allylic oxidation sites excluding steroid dienone is 1. The van der Waals surface area contributed by atoms with Gasteiger partial charge in [-0.2, -0.15) is 0 Å². The number of ether oxygens (including phenoxy) is 1. The SMILES string of the molecule is COC(=O)[C@@H]1CCCN1C1C=CCCC1. The van der Waals surface area contributed by atoms with E-state index in [0.717, 1.165) is 19.4 Å². The molecule has 0 saturated carbocycles. The van der Waals surface area contributed by atoms with E-state index >= 15 is 0 Å². The van der Waals surface area contributed by atoms with Crippen molar-refractivity contribution in [3.63, 3.8) is 0 Å². The first kappa shape index (κ1) is 10.7. The smallest absolute Gasteiger partial charge is 0.323 e. The third-order valence-corrected chi connectivity index (χ3v) is 3.42. The Morgan fingerprint density at radius 2 is 2.27 bits per heavy atom. The maximum absolute atomic E-state index is 11.6. The molecule has 3 nitrogen and oxygen atoms in total. The van der Waals surface area contributed by atoms with Crippen molar-refractivity contribution in [2.24, 2.45) is 0 Å². The number of carbonyl (C=O) groups is 1. The predicted octanol–water partition coefficient (Wildman–Crippen LogP) is 1.73. The molecule has 3 heteroatoms. The summed E-state index contributed by atoms with van der Waals surface area (Å²) in [5.74, 6) is -0.0635. The van der Waals surface area contributed by atoms with Crippen molar-refractivity contribution in [3.8, 4) is 0 Å². The molecule has 1 aliphatic carbocycles. The van der Waals surface area contributed by atoms with Crippen molar-refractivity contribution in [1.82, 2.24) is 4.90 Å². The molecule has 0 spiro atoms. The van der Waals surface area contributed by atoms with Crippen molar-refractivity contribution in [2.45, 2.75) is 44.2 Å². The summed E-state index contributed by atoms with van der Waals surface area (Å²) in [6.07, 6.45) is 10.2. The summed E-state index contributed by atoms with van der Waals surface area (Å²) >= 11 is 0. The highest BCUT2D eigenvalue weighted by Gasteiger charge is 2.35. The van der Waals surface area contributed by atoms with Gasteiger partial charge in [-0.1, -0.05) is 12.2 Å². The minimum atomic E-state index is -0.0635. The molecule has 0 N–H and O–H groups in total. The third kappa shape index (κ3) is 2.23. The molecule has 0 aromatic heterocycles. The summed E-state index contributed by atoms with van der Waals surface area (Å²) in [4.78, 5) is 13.9. The highest BCUT2D eigenvalue weighted by Crippen LogP contribution is 2.26. The number of esters is 1. The molecule has 0 aromatic carbocycles. The van der Waals surface area contributed by atoms with E-state index in [-0.39, 0.29) is 12.0 Å². The largest absolute Gasteiger partial charge is 0.468 e. The Kier molecular flexibility index (Phi) is 3.41. The standard InChI is InChI=1S/C12H19NO2/c1-15-12(14)11-8-5-9-13(11)10-6-3-2-4-7-10/h3,6,10-11H,2,4-5,7-9H2,1H3/t10?,11-/m0/s1. The third-order valence-electron chi connectivity index (χ3n) is 3.42. The number of likely N-dealkylation sites (tertiary alicyclic amines) is 1. The summed E-state index contributed by atoms with van der Waals surface area (Å²) in [5.41, 5.74) is 0. The topological polar surface area (TPSA) is 29.5 Å². The van der Waals surface area contributed by atoms with Crippen LogP contribution in [0.25, 0.3) is 0 Å². The molecule has 1 fully saturated rings. The average molecular weight is 209 g/mol. The fourth-order valence-electron chi connectivity index (χ4n) is 2.65. The van der Waals surface area contributed by atoms with Crippen LogP contribution in [0.2, 0.25) is 0 Å². The lowest BCUT2D eigenvalue weighted by molar-refractivity contribution is -0.146. The molecule has 0 aromatic rings. The quantitative estimate of drug-likeness (QED) is 0.512. The summed E-state index contributed by atoms with van der Waals surface area (Å²) in [6, 6.07) is 0.466. The van der Waals surface area contributed by atoms with Gasteiger partial charge in [0.1, 0.15) is 6.04 Å². The van der Waals surface area contributed by atoms with Gasteiger partial charge in [0.25, 0.3) is 0 Å². The first-order valence-electron chi connectivity index (χ1n) is 5.83. The van der Waals surface area contributed by atoms with Gasteiger partial charge in [0.15, 0.2) is 0 Å². The van der Waals surface area contributed by atoms with Crippen molar-refractivity contribution in [1.29, 1.82) is 0 Å². The van der Waals surface area contributed by atoms with E-state index in [1.165, 1.54) is 26.4 Å². The maximum atomic E-state index is 11.6. The monoisotopic (exact) mass is 209 g/mol. The van der Waals surface area contributed by atoms with E-state index in [0.29, 0.717) is 6.04 Å². The first-order chi connectivity index (χ1) is 7.33. The molecule has 1 aliphatic heterocycles. The molecule has 0 radical (unpaired) electrons. The summed E-state index contributed by atoms with van der Waals surface area (Å²) in [7, 11) is 1.48. The van der Waals surface area contributed by atoms with Gasteiger partial charge in [-0.15, -0.1) is 0 Å². The molecule has 1 heterocycles. The Labute approximate surface area is 91.1 Å². The number of carbonyl (C=O) groups excluding carboxylic acids is 1. The zero-order chi connectivity index (χ0) is 10.7. The molecular weight excluding hydrogens is 190 g/mol. The van der Waals surface area contributed by atoms with Crippen LogP contribution in [0.4, 0.5) is 0 Å². The van der Waals surface area contributed by atoms with Gasteiger partial charge in [-0.05, 0) is 38.6 Å². The number of rotatable bonds is 2. The first-order valence-corrected chi connectivity index (χ1v) is 5.83. The molecule has 15 heavy (non-hydrogen) atoms. The molecule has 1 saturated heterocycles. The van der Waals surface area contributed by atoms with Gasteiger partial charge in [-0.3, -0.25) is 9.69 Å². The summed E-state index contributed by atoms with van der Waals surface area (Å²) in [5, 5.41) is 0. The van der Waals surface area contributed by atoms with Crippen LogP contribution < -0.4 is 0 Å². The lowest BCUT2D eigenvalue weighted by atomic mass is 10.0. The highest BCUT2D eigenvalue weighted by molar-refractivity contribution is 5.76. The Hall–Kier alpha value is -0.830. The van der Waals surface area contributed by atoms with Crippen LogP contribution in [0.1, 0.15) is 32.1 Å². The van der Waals surface area contributed by atoms with Crippen LogP contribution in [0, 0.1) is 0 Å². The zero-order valence-corrected chi connectivity index (χ0v) is 9.32. The predicted molar refractivity (Wildman–Crippen MR) is 58.5 cm³/mol. The number of methoxy groups -OCH3 is 1. The Balaban J connectivity index is 2.03. The van der Waals surface area contributed by atoms with Gasteiger partial charge in [0.2, 0.25) is 0 Å². The fraction of sp³-hybridized carbons (Fsp3) is 0.750. The van der Waals surface area contributed by atoms with Crippen LogP contribution >= 0.6 is 0 Å². The van der Waals surface area contributed by atoms with Gasteiger partial charge in [0, 0.05) is 6.04 Å². The molecule has 1 unspecified atom stereocenters. The van der Waals surface area contributed by atoms with Crippen LogP contribution in [0.3, 0.4) is 0 Å². The lowest BCUT2D eigenvalue weighted by Crippen LogP contribution is -2.43. The maximum Gasteiger partial charge on any atom is 0.323 e. The van der Waals surface area contributed by atoms with Crippen LogP contribution in [-0.4, -0.2) is 36.6 Å². The second kappa shape index (κ2) is 4.79. The van der Waals surface area contributed by atoms with Crippen molar-refractivity contribution >= 4 is 5.97 Å². The molecule has 0 bridgehead atoms. The molecule has 2 aliphatic rings. The van der Waals surface area contributed by atoms with Gasteiger partial charge < -0.3 is 4.74 Å². The fourth-order valence-corrected chi connectivity index (χ4v) is 2.65. The van der Waals surface area contributed by atoms with E-state index in [1.807, 2.05) is 0 Å². The Morgan fingerprint density at radius 3 is 2.93 bits per heavy atom. The normalized spacial score (nSPS) is 31.8. The Bertz CT molecular complexity index is 262. The van der Waals surface area contributed by atoms with Crippen molar-refractivity contribution < 1.29 is 9.53 Å². The lowest BCUT2D eigenvalue weighted by Gasteiger charge is -2.31. The molecular formula is C12H19NO2. The minimum Gasteiger partial charge on any atom is -0.468 e. The molecule has 2 atom stereocenters. The van der Waals surface area contributed by atoms with Gasteiger partial charge >= 0.3 is 5.97 Å². The van der Waals surface area contributed by atoms with Crippen LogP contribution in [-0.2, 0) is 9.53 Å². The summed E-state index contributed by atoms with van der Waals surface area (Å²) < 4.78 is 4.85. The summed E-state index contributed by atoms with van der Waals surface area (Å²) in [6.45, 7) is 1.04. The van der Waals surface area contributed by atoms with Crippen molar-refractivity contribution in [2.75, 3.05) is 13.7 Å². The van der Waals surface area contributed by atoms with E-state index in [1.54, 1.807) is 0 Å². The molecule has 2 rings (SSSR count). The van der Waals surface area contributed by atoms with Crippen LogP contribution in [0.15, 0.2) is 12.2 Å². The highest BCUT2D eigenvalue weighted by atomic mass is 16.5. The Morgan fingerprint density at radius 1 is 1.40 bits per heavy atom. The van der Waals surface area contributed by atoms with Gasteiger partial charge in [0.05, 0.1) is 7.11 Å². The second-order valence-electron chi connectivity index (χ2n) is 4.35. The number of hydrogen-bond acceptors (Lipinski definition) is 3. The van der Waals surface area contributed by atoms with E-state index in [4.69, 9.17) is 4.74 Å². The van der Waals surface area contributed by atoms with Gasteiger partial charge in [-0.25, -0.2) is 0 Å². The molecule has 84 valence electrons. The number of hydrogen-bond donors (Lipinski definition) is 0. The zero-order valence-electron chi connectivity index (χ0n) is 9.32. The molecule has 0 amide bonds. The average Bonchev–Trinajstić information content (AvgIpc) is 2.78. The van der Waals surface area contributed by atoms with E-state index in [2.05, 4.69) is 17.1 Å².